The molecule has 3 aliphatic heterocycles. The highest BCUT2D eigenvalue weighted by Gasteiger charge is 2.37. The van der Waals surface area contributed by atoms with E-state index in [4.69, 9.17) is 4.98 Å². The lowest BCUT2D eigenvalue weighted by Gasteiger charge is -2.43. The van der Waals surface area contributed by atoms with E-state index in [1.54, 1.807) is 34.1 Å². The fourth-order valence-electron chi connectivity index (χ4n) is 8.50. The van der Waals surface area contributed by atoms with Gasteiger partial charge < -0.3 is 39.8 Å². The Bertz CT molecular complexity index is 2220. The van der Waals surface area contributed by atoms with Crippen molar-refractivity contribution >= 4 is 51.4 Å². The number of alkyl halides is 3. The average Bonchev–Trinajstić information content (AvgIpc) is 3.82. The Morgan fingerprint density at radius 2 is 1.64 bits per heavy atom. The number of rotatable bonds is 7. The van der Waals surface area contributed by atoms with Gasteiger partial charge in [0.15, 0.2) is 0 Å². The first-order chi connectivity index (χ1) is 28.0. The first-order valence-corrected chi connectivity index (χ1v) is 20.0. The van der Waals surface area contributed by atoms with Gasteiger partial charge in [0.2, 0.25) is 11.8 Å². The van der Waals surface area contributed by atoms with Crippen LogP contribution >= 0.6 is 0 Å². The second kappa shape index (κ2) is 16.6. The Morgan fingerprint density at radius 3 is 2.32 bits per heavy atom. The molecule has 0 spiro atoms. The van der Waals surface area contributed by atoms with Gasteiger partial charge in [-0.3, -0.25) is 14.5 Å². The standard InChI is InChI=1S/C42H51F3N8O6/c1-25-20-33(53(24-25)35(54)23-46-40(57)58-5)37-48-32-11-7-27-21-26(6-9-31(27)36(32)49-37)30-10-8-28(22-34(30)59-42(43,44)45)47-39(56)52-18-16-50(17-19-52)29-12-14-51(15-13-29)38(55)41(2,3)4/h6-11,21-22,25,29,33H,12-20,23-24H2,1-5H3,(H,46,57)(H,47,56)(H,48,49). The zero-order valence-corrected chi connectivity index (χ0v) is 33.9. The monoisotopic (exact) mass is 820 g/mol. The number of likely N-dealkylation sites (tertiary alicyclic amines) is 2. The smallest absolute Gasteiger partial charge is 0.453 e. The number of aromatic amines is 1. The topological polar surface area (TPSA) is 152 Å². The van der Waals surface area contributed by atoms with E-state index in [9.17, 15) is 32.3 Å². The number of carbonyl (C=O) groups excluding carboxylic acids is 4. The van der Waals surface area contributed by atoms with Crippen LogP contribution in [0.4, 0.5) is 28.4 Å². The minimum absolute atomic E-state index is 0.157. The van der Waals surface area contributed by atoms with Gasteiger partial charge >= 0.3 is 18.5 Å². The second-order valence-electron chi connectivity index (χ2n) is 16.8. The highest BCUT2D eigenvalue weighted by Crippen LogP contribution is 2.40. The van der Waals surface area contributed by atoms with Crippen LogP contribution in [0.2, 0.25) is 0 Å². The van der Waals surface area contributed by atoms with Crippen molar-refractivity contribution in [1.29, 1.82) is 0 Å². The molecule has 0 saturated carbocycles. The molecule has 3 aromatic carbocycles. The van der Waals surface area contributed by atoms with Crippen LogP contribution in [-0.2, 0) is 14.3 Å². The van der Waals surface area contributed by atoms with Gasteiger partial charge in [-0.05, 0) is 60.4 Å². The number of urea groups is 1. The van der Waals surface area contributed by atoms with E-state index in [2.05, 4.69) is 30.0 Å². The van der Waals surface area contributed by atoms with Gasteiger partial charge in [0.05, 0.1) is 24.2 Å². The SMILES string of the molecule is COC(=O)NCC(=O)N1CC(C)CC1c1nc2c(ccc3cc(-c4ccc(NC(=O)N5CCN(C6CCN(C(=O)C(C)(C)C)CC6)CC5)cc4OC(F)(F)F)ccc32)[nH]1. The van der Waals surface area contributed by atoms with Gasteiger partial charge in [0, 0.05) is 80.0 Å². The predicted octanol–water partition coefficient (Wildman–Crippen LogP) is 6.73. The molecule has 7 rings (SSSR count). The predicted molar refractivity (Wildman–Crippen MR) is 216 cm³/mol. The molecule has 2 atom stereocenters. The van der Waals surface area contributed by atoms with Crippen molar-refractivity contribution in [2.75, 3.05) is 64.8 Å². The number of benzene rings is 3. The van der Waals surface area contributed by atoms with E-state index in [0.29, 0.717) is 75.2 Å². The van der Waals surface area contributed by atoms with Crippen LogP contribution < -0.4 is 15.4 Å². The van der Waals surface area contributed by atoms with E-state index in [1.807, 2.05) is 44.7 Å². The summed E-state index contributed by atoms with van der Waals surface area (Å²) in [6.45, 7) is 11.8. The number of fused-ring (bicyclic) bond motifs is 3. The van der Waals surface area contributed by atoms with E-state index in [1.165, 1.54) is 19.2 Å². The zero-order chi connectivity index (χ0) is 42.2. The molecule has 3 N–H and O–H groups in total. The summed E-state index contributed by atoms with van der Waals surface area (Å²) in [6.07, 6.45) is -3.27. The van der Waals surface area contributed by atoms with E-state index in [0.717, 1.165) is 29.1 Å². The minimum atomic E-state index is -4.99. The molecule has 4 heterocycles. The Balaban J connectivity index is 1.04. The summed E-state index contributed by atoms with van der Waals surface area (Å²) in [4.78, 5) is 66.5. The molecule has 0 bridgehead atoms. The Kier molecular flexibility index (Phi) is 11.7. The summed E-state index contributed by atoms with van der Waals surface area (Å²) in [5, 5.41) is 6.68. The van der Waals surface area contributed by atoms with Gasteiger partial charge in [-0.2, -0.15) is 0 Å². The Hall–Kier alpha value is -5.58. The molecule has 3 fully saturated rings. The lowest BCUT2D eigenvalue weighted by molar-refractivity contribution is -0.274. The molecule has 0 radical (unpaired) electrons. The number of nitrogens with zero attached hydrogens (tertiary/aromatic N) is 5. The summed E-state index contributed by atoms with van der Waals surface area (Å²) in [6, 6.07) is 12.8. The molecule has 5 amide bonds. The van der Waals surface area contributed by atoms with Crippen molar-refractivity contribution in [1.82, 2.24) is 34.9 Å². The number of methoxy groups -OCH3 is 1. The van der Waals surface area contributed by atoms with Crippen molar-refractivity contribution in [2.24, 2.45) is 11.3 Å². The van der Waals surface area contributed by atoms with Gasteiger partial charge in [0.1, 0.15) is 18.1 Å². The molecule has 14 nitrogen and oxygen atoms in total. The number of halogens is 3. The van der Waals surface area contributed by atoms with Crippen molar-refractivity contribution in [3.8, 4) is 16.9 Å². The molecule has 316 valence electrons. The van der Waals surface area contributed by atoms with E-state index in [-0.39, 0.29) is 41.6 Å². The average molecular weight is 821 g/mol. The van der Waals surface area contributed by atoms with Crippen molar-refractivity contribution in [2.45, 2.75) is 65.4 Å². The summed E-state index contributed by atoms with van der Waals surface area (Å²) in [7, 11) is 1.23. The van der Waals surface area contributed by atoms with Crippen LogP contribution in [0.1, 0.15) is 58.8 Å². The number of piperidine rings is 1. The second-order valence-corrected chi connectivity index (χ2v) is 16.8. The maximum Gasteiger partial charge on any atom is 0.573 e. The molecule has 1 aromatic heterocycles. The highest BCUT2D eigenvalue weighted by molar-refractivity contribution is 6.05. The van der Waals surface area contributed by atoms with Crippen molar-refractivity contribution in [3.05, 3.63) is 54.4 Å². The molecule has 59 heavy (non-hydrogen) atoms. The number of H-pyrrole nitrogens is 1. The molecule has 0 aliphatic carbocycles. The normalized spacial score (nSPS) is 19.6. The molecular formula is C42H51F3N8O6. The molecule has 3 saturated heterocycles. The number of ether oxygens (including phenoxy) is 2. The fraction of sp³-hybridized carbons (Fsp3) is 0.500. The zero-order valence-electron chi connectivity index (χ0n) is 33.9. The minimum Gasteiger partial charge on any atom is -0.453 e. The Labute approximate surface area is 340 Å². The number of hydrogen-bond donors (Lipinski definition) is 3. The first-order valence-electron chi connectivity index (χ1n) is 20.0. The van der Waals surface area contributed by atoms with Crippen molar-refractivity contribution in [3.63, 3.8) is 0 Å². The maximum atomic E-state index is 13.8. The number of piperazine rings is 1. The van der Waals surface area contributed by atoms with Crippen molar-refractivity contribution < 1.29 is 41.8 Å². The number of hydrogen-bond acceptors (Lipinski definition) is 8. The number of nitrogens with one attached hydrogen (secondary N) is 3. The van der Waals surface area contributed by atoms with Crippen LogP contribution in [0.15, 0.2) is 48.5 Å². The molecular weight excluding hydrogens is 770 g/mol. The number of alkyl carbamates (subject to hydrolysis) is 1. The van der Waals surface area contributed by atoms with Gasteiger partial charge in [-0.15, -0.1) is 13.2 Å². The molecule has 3 aliphatic rings. The van der Waals surface area contributed by atoms with E-state index >= 15 is 0 Å². The van der Waals surface area contributed by atoms with Crippen LogP contribution in [0.25, 0.3) is 32.9 Å². The highest BCUT2D eigenvalue weighted by atomic mass is 19.4. The van der Waals surface area contributed by atoms with Crippen LogP contribution in [0.3, 0.4) is 0 Å². The van der Waals surface area contributed by atoms with Crippen LogP contribution in [-0.4, -0.2) is 125 Å². The summed E-state index contributed by atoms with van der Waals surface area (Å²) in [5.41, 5.74) is 1.78. The molecule has 2 unspecified atom stereocenters. The number of anilines is 1. The number of aromatic nitrogens is 2. The number of imidazole rings is 1. The summed E-state index contributed by atoms with van der Waals surface area (Å²) >= 11 is 0. The number of carbonyl (C=O) groups is 4. The van der Waals surface area contributed by atoms with Crippen LogP contribution in [0, 0.1) is 11.3 Å². The van der Waals surface area contributed by atoms with Gasteiger partial charge in [-0.25, -0.2) is 14.6 Å². The fourth-order valence-corrected chi connectivity index (χ4v) is 8.50. The number of amides is 5. The third kappa shape index (κ3) is 9.34. The lowest BCUT2D eigenvalue weighted by atomic mass is 9.92. The lowest BCUT2D eigenvalue weighted by Crippen LogP contribution is -2.56. The largest absolute Gasteiger partial charge is 0.573 e. The quantitative estimate of drug-likeness (QED) is 0.186. The summed E-state index contributed by atoms with van der Waals surface area (Å²) in [5.74, 6) is 0.231. The van der Waals surface area contributed by atoms with E-state index < -0.39 is 29.7 Å². The summed E-state index contributed by atoms with van der Waals surface area (Å²) < 4.78 is 50.4. The Morgan fingerprint density at radius 1 is 0.915 bits per heavy atom. The van der Waals surface area contributed by atoms with Gasteiger partial charge in [0.25, 0.3) is 0 Å². The van der Waals surface area contributed by atoms with Gasteiger partial charge in [-0.1, -0.05) is 45.9 Å². The van der Waals surface area contributed by atoms with Crippen LogP contribution in [0.5, 0.6) is 5.75 Å². The third-order valence-electron chi connectivity index (χ3n) is 11.5. The molecule has 4 aromatic rings. The first kappa shape index (κ1) is 41.6. The third-order valence-corrected chi connectivity index (χ3v) is 11.5. The molecule has 17 heteroatoms. The maximum absolute atomic E-state index is 13.8.